The maximum absolute atomic E-state index is 4.48. The standard InChI is InChI=1S/C12H23N3S2/c1-6-10-14-11(17-15-10)16-9(3)8-13-12(4,5)7-2/h9,13H,6-8H2,1-5H3. The van der Waals surface area contributed by atoms with Crippen molar-refractivity contribution in [3.8, 4) is 0 Å². The molecule has 0 aliphatic heterocycles. The highest BCUT2D eigenvalue weighted by Crippen LogP contribution is 2.25. The summed E-state index contributed by atoms with van der Waals surface area (Å²) in [5, 5.41) is 4.11. The van der Waals surface area contributed by atoms with Gasteiger partial charge in [-0.25, -0.2) is 4.98 Å². The van der Waals surface area contributed by atoms with Gasteiger partial charge in [0, 0.05) is 23.8 Å². The predicted molar refractivity (Wildman–Crippen MR) is 77.0 cm³/mol. The molecule has 1 unspecified atom stereocenters. The molecule has 3 nitrogen and oxygen atoms in total. The molecule has 1 atom stereocenters. The van der Waals surface area contributed by atoms with E-state index >= 15 is 0 Å². The second-order valence-corrected chi connectivity index (χ2v) is 7.31. The van der Waals surface area contributed by atoms with Gasteiger partial charge in [0.1, 0.15) is 5.82 Å². The zero-order chi connectivity index (χ0) is 12.9. The molecule has 0 fully saturated rings. The van der Waals surface area contributed by atoms with Crippen LogP contribution >= 0.6 is 23.3 Å². The number of aromatic nitrogens is 2. The van der Waals surface area contributed by atoms with Crippen molar-refractivity contribution in [1.82, 2.24) is 14.7 Å². The average Bonchev–Trinajstić information content (AvgIpc) is 2.74. The number of aryl methyl sites for hydroxylation is 1. The van der Waals surface area contributed by atoms with Gasteiger partial charge < -0.3 is 5.32 Å². The van der Waals surface area contributed by atoms with E-state index < -0.39 is 0 Å². The predicted octanol–water partition coefficient (Wildman–Crippen LogP) is 3.36. The van der Waals surface area contributed by atoms with E-state index in [-0.39, 0.29) is 5.54 Å². The normalized spacial score (nSPS) is 13.9. The lowest BCUT2D eigenvalue weighted by Crippen LogP contribution is -2.41. The van der Waals surface area contributed by atoms with Gasteiger partial charge in [0.2, 0.25) is 0 Å². The molecule has 1 aromatic rings. The quantitative estimate of drug-likeness (QED) is 0.773. The van der Waals surface area contributed by atoms with Crippen molar-refractivity contribution < 1.29 is 0 Å². The molecular formula is C12H23N3S2. The third kappa shape index (κ3) is 5.36. The minimum absolute atomic E-state index is 0.227. The summed E-state index contributed by atoms with van der Waals surface area (Å²) in [5.41, 5.74) is 0.227. The summed E-state index contributed by atoms with van der Waals surface area (Å²) in [6, 6.07) is 0. The fourth-order valence-corrected chi connectivity index (χ4v) is 3.13. The van der Waals surface area contributed by atoms with Gasteiger partial charge in [-0.2, -0.15) is 4.37 Å². The third-order valence-electron chi connectivity index (χ3n) is 2.82. The van der Waals surface area contributed by atoms with Crippen LogP contribution in [0.15, 0.2) is 4.34 Å². The SMILES string of the molecule is CCc1nsc(SC(C)CNC(C)(C)CC)n1. The monoisotopic (exact) mass is 273 g/mol. The first kappa shape index (κ1) is 14.9. The van der Waals surface area contributed by atoms with Crippen molar-refractivity contribution in [1.29, 1.82) is 0 Å². The van der Waals surface area contributed by atoms with Crippen LogP contribution in [0.2, 0.25) is 0 Å². The topological polar surface area (TPSA) is 37.8 Å². The Morgan fingerprint density at radius 2 is 2.12 bits per heavy atom. The van der Waals surface area contributed by atoms with E-state index in [1.165, 1.54) is 11.5 Å². The van der Waals surface area contributed by atoms with Crippen molar-refractivity contribution in [2.45, 2.75) is 62.6 Å². The Hall–Kier alpha value is -0.130. The summed E-state index contributed by atoms with van der Waals surface area (Å²) in [6.45, 7) is 12.0. The lowest BCUT2D eigenvalue weighted by Gasteiger charge is -2.26. The van der Waals surface area contributed by atoms with Crippen molar-refractivity contribution in [3.63, 3.8) is 0 Å². The van der Waals surface area contributed by atoms with Crippen molar-refractivity contribution >= 4 is 23.3 Å². The molecule has 0 radical (unpaired) electrons. The van der Waals surface area contributed by atoms with Crippen LogP contribution in [0, 0.1) is 0 Å². The van der Waals surface area contributed by atoms with Gasteiger partial charge in [0.15, 0.2) is 4.34 Å². The zero-order valence-corrected chi connectivity index (χ0v) is 13.0. The minimum atomic E-state index is 0.227. The molecule has 0 aliphatic carbocycles. The fourth-order valence-electron chi connectivity index (χ4n) is 1.19. The third-order valence-corrected chi connectivity index (χ3v) is 4.74. The molecule has 0 saturated carbocycles. The van der Waals surface area contributed by atoms with Crippen LogP contribution in [0.25, 0.3) is 0 Å². The highest BCUT2D eigenvalue weighted by atomic mass is 32.2. The first-order chi connectivity index (χ1) is 7.96. The number of nitrogens with one attached hydrogen (secondary N) is 1. The summed E-state index contributed by atoms with van der Waals surface area (Å²) >= 11 is 3.33. The molecule has 0 amide bonds. The zero-order valence-electron chi connectivity index (χ0n) is 11.4. The van der Waals surface area contributed by atoms with Crippen LogP contribution < -0.4 is 5.32 Å². The van der Waals surface area contributed by atoms with Crippen LogP contribution in [0.1, 0.15) is 46.9 Å². The highest BCUT2D eigenvalue weighted by molar-refractivity contribution is 8.01. The second kappa shape index (κ2) is 6.71. The molecule has 1 N–H and O–H groups in total. The van der Waals surface area contributed by atoms with Gasteiger partial charge in [-0.05, 0) is 31.8 Å². The molecule has 1 rings (SSSR count). The summed E-state index contributed by atoms with van der Waals surface area (Å²) in [7, 11) is 0. The van der Waals surface area contributed by atoms with E-state index in [1.807, 2.05) is 11.8 Å². The van der Waals surface area contributed by atoms with Crippen LogP contribution in [-0.4, -0.2) is 26.7 Å². The van der Waals surface area contributed by atoms with E-state index in [9.17, 15) is 0 Å². The molecule has 98 valence electrons. The van der Waals surface area contributed by atoms with Gasteiger partial charge in [-0.1, -0.05) is 32.5 Å². The molecule has 0 bridgehead atoms. The minimum Gasteiger partial charge on any atom is -0.311 e. The highest BCUT2D eigenvalue weighted by Gasteiger charge is 2.16. The number of hydrogen-bond donors (Lipinski definition) is 1. The lowest BCUT2D eigenvalue weighted by atomic mass is 10.0. The molecule has 0 aliphatic rings. The molecule has 1 aromatic heterocycles. The van der Waals surface area contributed by atoms with Gasteiger partial charge in [0.05, 0.1) is 0 Å². The largest absolute Gasteiger partial charge is 0.311 e. The van der Waals surface area contributed by atoms with E-state index in [1.54, 1.807) is 0 Å². The number of rotatable bonds is 7. The second-order valence-electron chi connectivity index (χ2n) is 4.88. The van der Waals surface area contributed by atoms with Gasteiger partial charge >= 0.3 is 0 Å². The molecule has 0 spiro atoms. The van der Waals surface area contributed by atoms with Crippen LogP contribution in [0.3, 0.4) is 0 Å². The van der Waals surface area contributed by atoms with E-state index in [0.717, 1.165) is 29.6 Å². The van der Waals surface area contributed by atoms with E-state index in [2.05, 4.69) is 49.3 Å². The maximum Gasteiger partial charge on any atom is 0.170 e. The molecule has 17 heavy (non-hydrogen) atoms. The van der Waals surface area contributed by atoms with Crippen molar-refractivity contribution in [2.75, 3.05) is 6.54 Å². The summed E-state index contributed by atoms with van der Waals surface area (Å²) in [6.07, 6.45) is 2.07. The number of nitrogens with zero attached hydrogens (tertiary/aromatic N) is 2. The average molecular weight is 273 g/mol. The maximum atomic E-state index is 4.48. The summed E-state index contributed by atoms with van der Waals surface area (Å²) in [4.78, 5) is 4.48. The van der Waals surface area contributed by atoms with E-state index in [0.29, 0.717) is 5.25 Å². The first-order valence-electron chi connectivity index (χ1n) is 6.21. The van der Waals surface area contributed by atoms with Gasteiger partial charge in [0.25, 0.3) is 0 Å². The van der Waals surface area contributed by atoms with Crippen molar-refractivity contribution in [3.05, 3.63) is 5.82 Å². The molecule has 1 heterocycles. The summed E-state index contributed by atoms with van der Waals surface area (Å²) in [5.74, 6) is 0.964. The Kier molecular flexibility index (Phi) is 5.89. The Morgan fingerprint density at radius 3 is 2.65 bits per heavy atom. The Bertz CT molecular complexity index is 336. The Balaban J connectivity index is 2.36. The number of hydrogen-bond acceptors (Lipinski definition) is 5. The van der Waals surface area contributed by atoms with Gasteiger partial charge in [-0.3, -0.25) is 0 Å². The smallest absolute Gasteiger partial charge is 0.170 e. The Morgan fingerprint density at radius 1 is 1.41 bits per heavy atom. The van der Waals surface area contributed by atoms with Crippen LogP contribution in [-0.2, 0) is 6.42 Å². The molecule has 5 heteroatoms. The van der Waals surface area contributed by atoms with E-state index in [4.69, 9.17) is 0 Å². The Labute approximate surface area is 113 Å². The number of thioether (sulfide) groups is 1. The van der Waals surface area contributed by atoms with Crippen LogP contribution in [0.4, 0.5) is 0 Å². The van der Waals surface area contributed by atoms with Gasteiger partial charge in [-0.15, -0.1) is 0 Å². The lowest BCUT2D eigenvalue weighted by molar-refractivity contribution is 0.379. The molecular weight excluding hydrogens is 250 g/mol. The van der Waals surface area contributed by atoms with Crippen LogP contribution in [0.5, 0.6) is 0 Å². The fraction of sp³-hybridized carbons (Fsp3) is 0.833. The molecule has 0 aromatic carbocycles. The summed E-state index contributed by atoms with van der Waals surface area (Å²) < 4.78 is 5.39. The first-order valence-corrected chi connectivity index (χ1v) is 7.86. The molecule has 0 saturated heterocycles. The van der Waals surface area contributed by atoms with Crippen molar-refractivity contribution in [2.24, 2.45) is 0 Å².